The first kappa shape index (κ1) is 24.7. The third-order valence-corrected chi connectivity index (χ3v) is 4.85. The van der Waals surface area contributed by atoms with Crippen LogP contribution in [0, 0.1) is 23.2 Å². The van der Waals surface area contributed by atoms with Crippen molar-refractivity contribution in [2.24, 2.45) is 27.8 Å². The van der Waals surface area contributed by atoms with E-state index in [0.717, 1.165) is 25.7 Å². The van der Waals surface area contributed by atoms with Gasteiger partial charge in [-0.15, -0.1) is 10.2 Å². The molecular weight excluding hydrogens is 382 g/mol. The lowest BCUT2D eigenvalue weighted by Crippen LogP contribution is -2.29. The summed E-state index contributed by atoms with van der Waals surface area (Å²) < 4.78 is 0. The topological polar surface area (TPSA) is 138 Å². The maximum Gasteiger partial charge on any atom is 0.269 e. The van der Waals surface area contributed by atoms with Crippen LogP contribution in [0.25, 0.3) is 0 Å². The van der Waals surface area contributed by atoms with Gasteiger partial charge in [0.25, 0.3) is 11.8 Å². The highest BCUT2D eigenvalue weighted by molar-refractivity contribution is 5.99. The molecule has 0 aromatic heterocycles. The van der Waals surface area contributed by atoms with Crippen molar-refractivity contribution < 1.29 is 14.4 Å². The Morgan fingerprint density at radius 3 is 2.57 bits per heavy atom. The molecule has 0 aliphatic carbocycles. The molecule has 2 unspecified atom stereocenters. The molecule has 0 radical (unpaired) electrons. The SMILES string of the molecule is CCCCC(CC)CNC(=O)c1ccccc1N=N/C(C(N)=O)=C(\C)C(C#N)C=O. The van der Waals surface area contributed by atoms with E-state index < -0.39 is 11.8 Å². The molecule has 0 spiro atoms. The second-order valence-electron chi connectivity index (χ2n) is 6.98. The van der Waals surface area contributed by atoms with E-state index in [1.165, 1.54) is 6.92 Å². The summed E-state index contributed by atoms with van der Waals surface area (Å²) in [4.78, 5) is 35.4. The minimum atomic E-state index is -1.15. The maximum atomic E-state index is 12.7. The van der Waals surface area contributed by atoms with Crippen LogP contribution in [0.5, 0.6) is 0 Å². The number of nitrogens with one attached hydrogen (secondary N) is 1. The van der Waals surface area contributed by atoms with E-state index in [4.69, 9.17) is 11.0 Å². The van der Waals surface area contributed by atoms with Crippen LogP contribution in [-0.4, -0.2) is 24.6 Å². The molecule has 0 aliphatic heterocycles. The van der Waals surface area contributed by atoms with Crippen LogP contribution in [0.4, 0.5) is 5.69 Å². The van der Waals surface area contributed by atoms with Crippen molar-refractivity contribution in [2.45, 2.75) is 46.5 Å². The minimum Gasteiger partial charge on any atom is -0.364 e. The molecule has 0 heterocycles. The number of azo groups is 1. The van der Waals surface area contributed by atoms with Crippen molar-refractivity contribution in [2.75, 3.05) is 6.54 Å². The van der Waals surface area contributed by atoms with Gasteiger partial charge in [0.2, 0.25) is 0 Å². The first-order chi connectivity index (χ1) is 14.4. The number of allylic oxidation sites excluding steroid dienone is 1. The van der Waals surface area contributed by atoms with Gasteiger partial charge in [-0.25, -0.2) is 0 Å². The average molecular weight is 412 g/mol. The average Bonchev–Trinajstić information content (AvgIpc) is 2.74. The fourth-order valence-corrected chi connectivity index (χ4v) is 2.83. The molecule has 160 valence electrons. The Morgan fingerprint density at radius 1 is 1.30 bits per heavy atom. The third kappa shape index (κ3) is 7.24. The quantitative estimate of drug-likeness (QED) is 0.307. The standard InChI is InChI=1S/C22H29N5O3/c1-4-6-9-16(5-2)13-25-22(30)18-10-7-8-11-19(18)26-27-20(21(24)29)15(3)17(12-23)14-28/h7-8,10-11,14,16-17H,4-6,9,13H2,1-3H3,(H2,24,29)(H,25,30)/b20-15+,27-26?. The van der Waals surface area contributed by atoms with E-state index in [2.05, 4.69) is 29.4 Å². The normalized spacial score (nSPS) is 13.8. The number of nitrogens with zero attached hydrogens (tertiary/aromatic N) is 3. The molecule has 2 atom stereocenters. The number of amides is 2. The smallest absolute Gasteiger partial charge is 0.269 e. The minimum absolute atomic E-state index is 0.104. The molecule has 1 aromatic rings. The molecule has 1 rings (SSSR count). The van der Waals surface area contributed by atoms with Gasteiger partial charge < -0.3 is 15.8 Å². The van der Waals surface area contributed by atoms with Crippen LogP contribution < -0.4 is 11.1 Å². The zero-order valence-corrected chi connectivity index (χ0v) is 17.7. The molecule has 2 amide bonds. The Hall–Kier alpha value is -3.34. The summed E-state index contributed by atoms with van der Waals surface area (Å²) in [7, 11) is 0. The van der Waals surface area contributed by atoms with Crippen molar-refractivity contribution in [1.29, 1.82) is 5.26 Å². The van der Waals surface area contributed by atoms with Crippen LogP contribution in [0.15, 0.2) is 45.8 Å². The van der Waals surface area contributed by atoms with Gasteiger partial charge in [-0.05, 0) is 37.0 Å². The summed E-state index contributed by atoms with van der Waals surface area (Å²) in [5.74, 6) is -1.95. The Bertz CT molecular complexity index is 855. The number of hydrogen-bond acceptors (Lipinski definition) is 6. The van der Waals surface area contributed by atoms with Gasteiger partial charge in [0, 0.05) is 6.54 Å². The fourth-order valence-electron chi connectivity index (χ4n) is 2.83. The second-order valence-corrected chi connectivity index (χ2v) is 6.98. The van der Waals surface area contributed by atoms with Gasteiger partial charge in [0.05, 0.1) is 17.3 Å². The molecule has 0 fully saturated rings. The van der Waals surface area contributed by atoms with Crippen LogP contribution >= 0.6 is 0 Å². The molecule has 8 heteroatoms. The summed E-state index contributed by atoms with van der Waals surface area (Å²) >= 11 is 0. The number of carbonyl (C=O) groups excluding carboxylic acids is 3. The number of unbranched alkanes of at least 4 members (excludes halogenated alkanes) is 1. The van der Waals surface area contributed by atoms with E-state index in [-0.39, 0.29) is 22.9 Å². The Kier molecular flexibility index (Phi) is 10.7. The summed E-state index contributed by atoms with van der Waals surface area (Å²) in [5, 5.41) is 19.8. The number of carbonyl (C=O) groups is 3. The van der Waals surface area contributed by atoms with Gasteiger partial charge in [-0.1, -0.05) is 45.2 Å². The molecule has 0 bridgehead atoms. The Morgan fingerprint density at radius 2 is 2.00 bits per heavy atom. The van der Waals surface area contributed by atoms with E-state index >= 15 is 0 Å². The molecule has 0 aliphatic rings. The second kappa shape index (κ2) is 13.0. The summed E-state index contributed by atoms with van der Waals surface area (Å²) in [6.45, 7) is 6.22. The zero-order chi connectivity index (χ0) is 22.5. The highest BCUT2D eigenvalue weighted by Crippen LogP contribution is 2.22. The van der Waals surface area contributed by atoms with E-state index in [1.54, 1.807) is 30.3 Å². The van der Waals surface area contributed by atoms with E-state index in [1.807, 2.05) is 0 Å². The first-order valence-electron chi connectivity index (χ1n) is 10.0. The summed E-state index contributed by atoms with van der Waals surface area (Å²) in [5.41, 5.74) is 5.71. The summed E-state index contributed by atoms with van der Waals surface area (Å²) in [6, 6.07) is 8.35. The molecule has 1 aromatic carbocycles. The number of nitriles is 1. The number of benzene rings is 1. The third-order valence-electron chi connectivity index (χ3n) is 4.85. The molecule has 0 saturated carbocycles. The van der Waals surface area contributed by atoms with Crippen LogP contribution in [0.1, 0.15) is 56.8 Å². The molecule has 30 heavy (non-hydrogen) atoms. The predicted molar refractivity (Wildman–Crippen MR) is 114 cm³/mol. The number of primary amides is 1. The van der Waals surface area contributed by atoms with Crippen molar-refractivity contribution in [3.8, 4) is 6.07 Å². The predicted octanol–water partition coefficient (Wildman–Crippen LogP) is 3.81. The van der Waals surface area contributed by atoms with Gasteiger partial charge in [-0.3, -0.25) is 9.59 Å². The first-order valence-corrected chi connectivity index (χ1v) is 10.0. The number of hydrogen-bond donors (Lipinski definition) is 2. The van der Waals surface area contributed by atoms with Gasteiger partial charge in [-0.2, -0.15) is 5.26 Å². The zero-order valence-electron chi connectivity index (χ0n) is 17.7. The lowest BCUT2D eigenvalue weighted by Gasteiger charge is -2.15. The number of rotatable bonds is 12. The maximum absolute atomic E-state index is 12.7. The fraction of sp³-hybridized carbons (Fsp3) is 0.455. The van der Waals surface area contributed by atoms with Crippen molar-refractivity contribution in [1.82, 2.24) is 5.32 Å². The van der Waals surface area contributed by atoms with Crippen LogP contribution in [0.3, 0.4) is 0 Å². The molecule has 8 nitrogen and oxygen atoms in total. The molecule has 3 N–H and O–H groups in total. The number of aldehydes is 1. The van der Waals surface area contributed by atoms with E-state index in [9.17, 15) is 14.4 Å². The highest BCUT2D eigenvalue weighted by atomic mass is 16.2. The van der Waals surface area contributed by atoms with Crippen molar-refractivity contribution >= 4 is 23.8 Å². The Labute approximate surface area is 177 Å². The molecular formula is C22H29N5O3. The number of nitrogens with two attached hydrogens (primary N) is 1. The largest absolute Gasteiger partial charge is 0.364 e. The van der Waals surface area contributed by atoms with E-state index in [0.29, 0.717) is 24.3 Å². The van der Waals surface area contributed by atoms with Gasteiger partial charge in [0.15, 0.2) is 5.70 Å². The highest BCUT2D eigenvalue weighted by Gasteiger charge is 2.18. The summed E-state index contributed by atoms with van der Waals surface area (Å²) in [6.07, 6.45) is 4.66. The van der Waals surface area contributed by atoms with Crippen molar-refractivity contribution in [3.63, 3.8) is 0 Å². The van der Waals surface area contributed by atoms with Gasteiger partial charge >= 0.3 is 0 Å². The van der Waals surface area contributed by atoms with Crippen LogP contribution in [0.2, 0.25) is 0 Å². The Balaban J connectivity index is 3.09. The lowest BCUT2D eigenvalue weighted by molar-refractivity contribution is -0.114. The lowest BCUT2D eigenvalue weighted by atomic mass is 9.99. The van der Waals surface area contributed by atoms with Crippen LogP contribution in [-0.2, 0) is 9.59 Å². The molecule has 0 saturated heterocycles. The van der Waals surface area contributed by atoms with Gasteiger partial charge in [0.1, 0.15) is 12.2 Å². The van der Waals surface area contributed by atoms with Crippen molar-refractivity contribution in [3.05, 3.63) is 41.1 Å². The monoisotopic (exact) mass is 411 g/mol.